The molecule has 0 unspecified atom stereocenters. The summed E-state index contributed by atoms with van der Waals surface area (Å²) in [5.41, 5.74) is 16.0. The highest BCUT2D eigenvalue weighted by molar-refractivity contribution is 4.66. The summed E-state index contributed by atoms with van der Waals surface area (Å²) in [6.07, 6.45) is 0. The molecule has 0 atom stereocenters. The number of rotatable bonds is 8. The lowest BCUT2D eigenvalue weighted by atomic mass is 10.3. The first kappa shape index (κ1) is 18.7. The van der Waals surface area contributed by atoms with E-state index >= 15 is 0 Å². The zero-order valence-electron chi connectivity index (χ0n) is 12.1. The van der Waals surface area contributed by atoms with E-state index in [9.17, 15) is 0 Å². The van der Waals surface area contributed by atoms with E-state index in [0.717, 1.165) is 52.4 Å². The van der Waals surface area contributed by atoms with E-state index in [1.54, 1.807) is 0 Å². The Morgan fingerprint density at radius 2 is 1.53 bits per heavy atom. The lowest BCUT2D eigenvalue weighted by Gasteiger charge is -2.26. The third-order valence-corrected chi connectivity index (χ3v) is 2.96. The Kier molecular flexibility index (Phi) is 13.9. The highest BCUT2D eigenvalue weighted by atomic mass is 16.3. The third kappa shape index (κ3) is 11.3. The van der Waals surface area contributed by atoms with Crippen LogP contribution in [0.4, 0.5) is 0 Å². The van der Waals surface area contributed by atoms with Gasteiger partial charge in [0.05, 0.1) is 6.61 Å². The van der Waals surface area contributed by atoms with E-state index in [1.165, 1.54) is 0 Å². The van der Waals surface area contributed by atoms with Crippen LogP contribution in [-0.4, -0.2) is 93.5 Å². The van der Waals surface area contributed by atoms with Gasteiger partial charge in [0.25, 0.3) is 0 Å². The van der Waals surface area contributed by atoms with Crippen LogP contribution in [0.3, 0.4) is 0 Å². The number of hydrogen-bond acceptors (Lipinski definition) is 7. The van der Waals surface area contributed by atoms with Crippen LogP contribution in [0.5, 0.6) is 0 Å². The van der Waals surface area contributed by atoms with E-state index in [4.69, 9.17) is 22.3 Å². The lowest BCUT2D eigenvalue weighted by molar-refractivity contribution is 0.202. The largest absolute Gasteiger partial charge is 0.395 e. The van der Waals surface area contributed by atoms with E-state index in [2.05, 4.69) is 10.2 Å². The molecular formula is C12H32N6O. The third-order valence-electron chi connectivity index (χ3n) is 2.96. The Hall–Kier alpha value is -0.280. The van der Waals surface area contributed by atoms with Crippen LogP contribution in [0, 0.1) is 0 Å². The maximum absolute atomic E-state index is 8.57. The number of hydrogen-bond donors (Lipinski definition) is 5. The molecule has 0 bridgehead atoms. The number of nitrogens with two attached hydrogens (primary N) is 3. The molecule has 19 heavy (non-hydrogen) atoms. The van der Waals surface area contributed by atoms with Crippen LogP contribution in [0.15, 0.2) is 0 Å². The zero-order valence-corrected chi connectivity index (χ0v) is 12.1. The highest BCUT2D eigenvalue weighted by Crippen LogP contribution is 1.88. The predicted octanol–water partition coefficient (Wildman–Crippen LogP) is -2.95. The number of nitrogens with one attached hydrogen (secondary N) is 1. The van der Waals surface area contributed by atoms with Crippen LogP contribution in [0.2, 0.25) is 0 Å². The summed E-state index contributed by atoms with van der Waals surface area (Å²) >= 11 is 0. The van der Waals surface area contributed by atoms with E-state index in [-0.39, 0.29) is 6.61 Å². The second-order valence-electron chi connectivity index (χ2n) is 4.52. The van der Waals surface area contributed by atoms with Crippen LogP contribution in [0.25, 0.3) is 0 Å². The van der Waals surface area contributed by atoms with Gasteiger partial charge in [-0.1, -0.05) is 0 Å². The highest BCUT2D eigenvalue weighted by Gasteiger charge is 2.06. The Balaban J connectivity index is 0.000000342. The molecule has 7 heteroatoms. The summed E-state index contributed by atoms with van der Waals surface area (Å²) in [5.74, 6) is 0. The van der Waals surface area contributed by atoms with Crippen molar-refractivity contribution in [1.82, 2.24) is 15.1 Å². The molecule has 0 aromatic rings. The molecular weight excluding hydrogens is 244 g/mol. The molecule has 1 fully saturated rings. The van der Waals surface area contributed by atoms with Crippen molar-refractivity contribution in [2.24, 2.45) is 17.2 Å². The SMILES string of the molecule is NCCN(CCN)CCO.NCCN1CCNCC1. The van der Waals surface area contributed by atoms with E-state index in [1.807, 2.05) is 4.90 Å². The summed E-state index contributed by atoms with van der Waals surface area (Å²) in [5, 5.41) is 11.9. The first-order valence-electron chi connectivity index (χ1n) is 7.15. The standard InChI is InChI=1S/C6H17N3O.C6H15N3/c7-1-3-9(4-2-8)5-6-10;7-1-4-9-5-2-8-3-6-9/h10H,1-8H2;8H,1-7H2. The first-order valence-corrected chi connectivity index (χ1v) is 7.15. The fraction of sp³-hybridized carbons (Fsp3) is 1.00. The molecule has 1 rings (SSSR count). The van der Waals surface area contributed by atoms with Gasteiger partial charge < -0.3 is 27.6 Å². The lowest BCUT2D eigenvalue weighted by Crippen LogP contribution is -2.45. The Morgan fingerprint density at radius 3 is 1.95 bits per heavy atom. The van der Waals surface area contributed by atoms with Crippen LogP contribution >= 0.6 is 0 Å². The maximum Gasteiger partial charge on any atom is 0.0558 e. The Bertz CT molecular complexity index is 161. The second kappa shape index (κ2) is 14.1. The minimum absolute atomic E-state index is 0.181. The molecule has 0 spiro atoms. The van der Waals surface area contributed by atoms with Crippen molar-refractivity contribution in [3.63, 3.8) is 0 Å². The van der Waals surface area contributed by atoms with Gasteiger partial charge in [0, 0.05) is 72.0 Å². The second-order valence-corrected chi connectivity index (χ2v) is 4.52. The van der Waals surface area contributed by atoms with Gasteiger partial charge in [0.15, 0.2) is 0 Å². The molecule has 0 radical (unpaired) electrons. The van der Waals surface area contributed by atoms with Gasteiger partial charge in [0.1, 0.15) is 0 Å². The fourth-order valence-corrected chi connectivity index (χ4v) is 1.96. The molecule has 0 aliphatic carbocycles. The summed E-state index contributed by atoms with van der Waals surface area (Å²) in [6.45, 7) is 10.2. The minimum atomic E-state index is 0.181. The zero-order chi connectivity index (χ0) is 14.3. The predicted molar refractivity (Wildman–Crippen MR) is 80.0 cm³/mol. The molecule has 0 amide bonds. The van der Waals surface area contributed by atoms with Gasteiger partial charge in [-0.3, -0.25) is 9.80 Å². The van der Waals surface area contributed by atoms with Crippen molar-refractivity contribution in [2.75, 3.05) is 78.6 Å². The molecule has 1 aliphatic heterocycles. The maximum atomic E-state index is 8.57. The summed E-state index contributed by atoms with van der Waals surface area (Å²) in [6, 6.07) is 0. The summed E-state index contributed by atoms with van der Waals surface area (Å²) in [7, 11) is 0. The number of aliphatic hydroxyl groups excluding tert-OH is 1. The van der Waals surface area contributed by atoms with Crippen molar-refractivity contribution in [1.29, 1.82) is 0 Å². The molecule has 0 aromatic carbocycles. The van der Waals surface area contributed by atoms with Crippen molar-refractivity contribution < 1.29 is 5.11 Å². The van der Waals surface area contributed by atoms with Gasteiger partial charge in [0.2, 0.25) is 0 Å². The molecule has 1 heterocycles. The summed E-state index contributed by atoms with van der Waals surface area (Å²) in [4.78, 5) is 4.43. The average Bonchev–Trinajstić information content (AvgIpc) is 2.42. The van der Waals surface area contributed by atoms with E-state index < -0.39 is 0 Å². The van der Waals surface area contributed by atoms with Crippen molar-refractivity contribution in [2.45, 2.75) is 0 Å². The first-order chi connectivity index (χ1) is 9.28. The quantitative estimate of drug-likeness (QED) is 0.322. The monoisotopic (exact) mass is 276 g/mol. The van der Waals surface area contributed by atoms with Crippen LogP contribution in [0.1, 0.15) is 0 Å². The smallest absolute Gasteiger partial charge is 0.0558 e. The molecule has 1 aliphatic rings. The van der Waals surface area contributed by atoms with Gasteiger partial charge in [-0.15, -0.1) is 0 Å². The minimum Gasteiger partial charge on any atom is -0.395 e. The number of aliphatic hydroxyl groups is 1. The molecule has 0 saturated carbocycles. The fourth-order valence-electron chi connectivity index (χ4n) is 1.96. The topological polar surface area (TPSA) is 117 Å². The van der Waals surface area contributed by atoms with Crippen LogP contribution < -0.4 is 22.5 Å². The Labute approximate surface area is 117 Å². The normalized spacial score (nSPS) is 16.3. The van der Waals surface area contributed by atoms with Gasteiger partial charge in [-0.05, 0) is 0 Å². The van der Waals surface area contributed by atoms with Gasteiger partial charge >= 0.3 is 0 Å². The summed E-state index contributed by atoms with van der Waals surface area (Å²) < 4.78 is 0. The number of piperazine rings is 1. The van der Waals surface area contributed by atoms with E-state index in [0.29, 0.717) is 19.6 Å². The van der Waals surface area contributed by atoms with Crippen LogP contribution in [-0.2, 0) is 0 Å². The average molecular weight is 276 g/mol. The molecule has 7 nitrogen and oxygen atoms in total. The molecule has 1 saturated heterocycles. The number of nitrogens with zero attached hydrogens (tertiary/aromatic N) is 2. The van der Waals surface area contributed by atoms with Crippen molar-refractivity contribution >= 4 is 0 Å². The Morgan fingerprint density at radius 1 is 0.947 bits per heavy atom. The van der Waals surface area contributed by atoms with Gasteiger partial charge in [-0.25, -0.2) is 0 Å². The van der Waals surface area contributed by atoms with Crippen molar-refractivity contribution in [3.05, 3.63) is 0 Å². The molecule has 0 aromatic heterocycles. The van der Waals surface area contributed by atoms with Crippen molar-refractivity contribution in [3.8, 4) is 0 Å². The van der Waals surface area contributed by atoms with Gasteiger partial charge in [-0.2, -0.15) is 0 Å². The molecule has 8 N–H and O–H groups in total. The molecule has 116 valence electrons.